The summed E-state index contributed by atoms with van der Waals surface area (Å²) in [4.78, 5) is 0. The molecule has 0 fully saturated rings. The molecule has 0 unspecified atom stereocenters. The molecule has 4 nitrogen and oxygen atoms in total. The first-order valence-corrected chi connectivity index (χ1v) is 4.92. The van der Waals surface area contributed by atoms with Crippen LogP contribution in [0.4, 0.5) is 0 Å². The highest BCUT2D eigenvalue weighted by Crippen LogP contribution is 2.22. The van der Waals surface area contributed by atoms with Crippen LogP contribution < -0.4 is 0 Å². The molecule has 0 radical (unpaired) electrons. The average molecular weight is 216 g/mol. The van der Waals surface area contributed by atoms with Crippen molar-refractivity contribution in [1.29, 1.82) is 0 Å². The quantitative estimate of drug-likeness (QED) is 0.477. The van der Waals surface area contributed by atoms with Crippen LogP contribution in [0.5, 0.6) is 0 Å². The van der Waals surface area contributed by atoms with E-state index < -0.39 is 0 Å². The Labute approximate surface area is 93.2 Å². The fraction of sp³-hybridized carbons (Fsp3) is 0.167. The molecule has 2 rings (SSSR count). The summed E-state index contributed by atoms with van der Waals surface area (Å²) in [6.45, 7) is 4.11. The van der Waals surface area contributed by atoms with Gasteiger partial charge in [-0.2, -0.15) is 0 Å². The molecule has 0 saturated heterocycles. The molecule has 2 aromatic rings. The largest absolute Gasteiger partial charge is 0.411 e. The minimum atomic E-state index is 0.496. The summed E-state index contributed by atoms with van der Waals surface area (Å²) in [7, 11) is 0. The van der Waals surface area contributed by atoms with Crippen LogP contribution >= 0.6 is 0 Å². The molecule has 1 N–H and O–H groups in total. The maximum atomic E-state index is 8.37. The Kier molecular flexibility index (Phi) is 2.72. The van der Waals surface area contributed by atoms with Crippen LogP contribution in [0.1, 0.15) is 16.8 Å². The molecule has 0 aliphatic heterocycles. The zero-order chi connectivity index (χ0) is 11.5. The minimum absolute atomic E-state index is 0.496. The number of aryl methyl sites for hydroxylation is 2. The van der Waals surface area contributed by atoms with E-state index in [9.17, 15) is 0 Å². The number of nitrogens with zero attached hydrogens (tertiary/aromatic N) is 2. The molecular formula is C12H12N2O2. The summed E-state index contributed by atoms with van der Waals surface area (Å²) < 4.78 is 5.15. The maximum absolute atomic E-state index is 8.37. The highest BCUT2D eigenvalue weighted by Gasteiger charge is 2.06. The first-order valence-electron chi connectivity index (χ1n) is 4.92. The molecule has 1 aromatic heterocycles. The van der Waals surface area contributed by atoms with Crippen LogP contribution in [0.2, 0.25) is 0 Å². The van der Waals surface area contributed by atoms with E-state index in [1.165, 1.54) is 17.3 Å². The predicted octanol–water partition coefficient (Wildman–Crippen LogP) is 2.77. The van der Waals surface area contributed by atoms with Crippen LogP contribution in [0.25, 0.3) is 11.3 Å². The summed E-state index contributed by atoms with van der Waals surface area (Å²) in [6.07, 6.45) is 1.23. The Bertz CT molecular complexity index is 530. The van der Waals surface area contributed by atoms with Gasteiger partial charge in [0.15, 0.2) is 5.76 Å². The van der Waals surface area contributed by atoms with Crippen molar-refractivity contribution in [3.63, 3.8) is 0 Å². The Balaban J connectivity index is 2.38. The number of benzene rings is 1. The topological polar surface area (TPSA) is 58.6 Å². The summed E-state index contributed by atoms with van der Waals surface area (Å²) in [5.41, 5.74) is 3.90. The number of rotatable bonds is 2. The molecule has 1 aromatic carbocycles. The molecule has 0 spiro atoms. The second kappa shape index (κ2) is 4.18. The van der Waals surface area contributed by atoms with E-state index in [1.807, 2.05) is 25.1 Å². The van der Waals surface area contributed by atoms with E-state index in [4.69, 9.17) is 9.73 Å². The molecule has 0 bridgehead atoms. The molecule has 82 valence electrons. The van der Waals surface area contributed by atoms with Crippen LogP contribution in [0.15, 0.2) is 33.9 Å². The third kappa shape index (κ3) is 1.95. The van der Waals surface area contributed by atoms with Crippen molar-refractivity contribution in [2.75, 3.05) is 0 Å². The van der Waals surface area contributed by atoms with Gasteiger partial charge in [0.2, 0.25) is 0 Å². The van der Waals surface area contributed by atoms with Crippen LogP contribution in [0.3, 0.4) is 0 Å². The highest BCUT2D eigenvalue weighted by atomic mass is 16.5. The highest BCUT2D eigenvalue weighted by molar-refractivity contribution is 5.78. The molecule has 4 heteroatoms. The smallest absolute Gasteiger partial charge is 0.167 e. The maximum Gasteiger partial charge on any atom is 0.167 e. The van der Waals surface area contributed by atoms with Gasteiger partial charge in [0.25, 0.3) is 0 Å². The molecule has 0 aliphatic rings. The zero-order valence-electron chi connectivity index (χ0n) is 9.14. The van der Waals surface area contributed by atoms with Crippen molar-refractivity contribution < 1.29 is 9.73 Å². The summed E-state index contributed by atoms with van der Waals surface area (Å²) in [5, 5.41) is 15.0. The molecule has 1 heterocycles. The average Bonchev–Trinajstić information content (AvgIpc) is 2.71. The Morgan fingerprint density at radius 2 is 2.06 bits per heavy atom. The Hall–Kier alpha value is -2.10. The molecule has 0 aliphatic carbocycles. The van der Waals surface area contributed by atoms with E-state index >= 15 is 0 Å². The van der Waals surface area contributed by atoms with Crippen LogP contribution in [0, 0.1) is 13.8 Å². The van der Waals surface area contributed by atoms with Gasteiger partial charge in [0, 0.05) is 11.6 Å². The second-order valence-electron chi connectivity index (χ2n) is 3.66. The van der Waals surface area contributed by atoms with Crippen molar-refractivity contribution in [1.82, 2.24) is 5.16 Å². The van der Waals surface area contributed by atoms with Gasteiger partial charge in [-0.25, -0.2) is 0 Å². The lowest BCUT2D eigenvalue weighted by molar-refractivity contribution is 0.321. The number of hydrogen-bond acceptors (Lipinski definition) is 4. The van der Waals surface area contributed by atoms with Crippen molar-refractivity contribution in [3.8, 4) is 11.3 Å². The standard InChI is InChI=1S/C12H12N2O2/c1-8-3-4-10(5-9(8)2)12-6-11(7-13-15)14-16-12/h3-7,15H,1-2H3/b13-7-. The SMILES string of the molecule is Cc1ccc(-c2cc(/C=N\O)no2)cc1C. The third-order valence-corrected chi connectivity index (χ3v) is 2.51. The van der Waals surface area contributed by atoms with Crippen LogP contribution in [-0.2, 0) is 0 Å². The fourth-order valence-corrected chi connectivity index (χ4v) is 1.44. The lowest BCUT2D eigenvalue weighted by Gasteiger charge is -2.01. The molecule has 16 heavy (non-hydrogen) atoms. The molecule has 0 saturated carbocycles. The van der Waals surface area contributed by atoms with Crippen molar-refractivity contribution in [2.24, 2.45) is 5.16 Å². The van der Waals surface area contributed by atoms with Gasteiger partial charge in [-0.1, -0.05) is 22.4 Å². The van der Waals surface area contributed by atoms with Gasteiger partial charge >= 0.3 is 0 Å². The lowest BCUT2D eigenvalue weighted by atomic mass is 10.0. The predicted molar refractivity (Wildman–Crippen MR) is 60.8 cm³/mol. The summed E-state index contributed by atoms with van der Waals surface area (Å²) in [5.74, 6) is 0.665. The molecule has 0 atom stereocenters. The number of hydrogen-bond donors (Lipinski definition) is 1. The van der Waals surface area contributed by atoms with E-state index in [0.717, 1.165) is 5.56 Å². The lowest BCUT2D eigenvalue weighted by Crippen LogP contribution is -1.81. The van der Waals surface area contributed by atoms with E-state index in [-0.39, 0.29) is 0 Å². The minimum Gasteiger partial charge on any atom is -0.411 e. The van der Waals surface area contributed by atoms with Gasteiger partial charge in [0.05, 0.1) is 6.21 Å². The summed E-state index contributed by atoms with van der Waals surface area (Å²) >= 11 is 0. The van der Waals surface area contributed by atoms with Crippen molar-refractivity contribution >= 4 is 6.21 Å². The Morgan fingerprint density at radius 1 is 1.25 bits per heavy atom. The summed E-state index contributed by atoms with van der Waals surface area (Å²) in [6, 6.07) is 7.77. The normalized spacial score (nSPS) is 11.1. The van der Waals surface area contributed by atoms with Gasteiger partial charge < -0.3 is 9.73 Å². The van der Waals surface area contributed by atoms with Gasteiger partial charge in [0.1, 0.15) is 5.69 Å². The van der Waals surface area contributed by atoms with Gasteiger partial charge in [-0.05, 0) is 31.0 Å². The number of aromatic nitrogens is 1. The zero-order valence-corrected chi connectivity index (χ0v) is 9.14. The van der Waals surface area contributed by atoms with Crippen LogP contribution in [-0.4, -0.2) is 16.6 Å². The van der Waals surface area contributed by atoms with E-state index in [2.05, 4.69) is 17.2 Å². The van der Waals surface area contributed by atoms with E-state index in [0.29, 0.717) is 11.5 Å². The number of oxime groups is 1. The molecular weight excluding hydrogens is 204 g/mol. The third-order valence-electron chi connectivity index (χ3n) is 2.51. The van der Waals surface area contributed by atoms with Gasteiger partial charge in [-0.15, -0.1) is 0 Å². The van der Waals surface area contributed by atoms with Crippen molar-refractivity contribution in [2.45, 2.75) is 13.8 Å². The first kappa shape index (κ1) is 10.4. The Morgan fingerprint density at radius 3 is 2.75 bits per heavy atom. The molecule has 0 amide bonds. The second-order valence-corrected chi connectivity index (χ2v) is 3.66. The van der Waals surface area contributed by atoms with Gasteiger partial charge in [-0.3, -0.25) is 0 Å². The van der Waals surface area contributed by atoms with E-state index in [1.54, 1.807) is 6.07 Å². The fourth-order valence-electron chi connectivity index (χ4n) is 1.44. The van der Waals surface area contributed by atoms with Crippen molar-refractivity contribution in [3.05, 3.63) is 41.1 Å². The first-order chi connectivity index (χ1) is 7.70. The monoisotopic (exact) mass is 216 g/mol.